The topological polar surface area (TPSA) is 47.6 Å². The molecule has 0 bridgehead atoms. The second kappa shape index (κ2) is 8.12. The van der Waals surface area contributed by atoms with E-state index in [0.717, 1.165) is 19.4 Å². The lowest BCUT2D eigenvalue weighted by molar-refractivity contribution is 0.0670. The van der Waals surface area contributed by atoms with Crippen LogP contribution in [-0.2, 0) is 11.3 Å². The summed E-state index contributed by atoms with van der Waals surface area (Å²) in [5.41, 5.74) is 1.77. The molecule has 0 aliphatic carbocycles. The summed E-state index contributed by atoms with van der Waals surface area (Å²) in [6, 6.07) is 12.1. The molecule has 1 unspecified atom stereocenters. The molecule has 132 valence electrons. The van der Waals surface area contributed by atoms with E-state index in [1.165, 1.54) is 6.07 Å². The maximum absolute atomic E-state index is 13.6. The summed E-state index contributed by atoms with van der Waals surface area (Å²) in [5, 5.41) is 2.81. The van der Waals surface area contributed by atoms with Crippen LogP contribution in [0, 0.1) is 12.7 Å². The molecular formula is C20H22FNO3. The first-order chi connectivity index (χ1) is 12.1. The van der Waals surface area contributed by atoms with Crippen LogP contribution in [0.1, 0.15) is 34.3 Å². The molecule has 2 aromatic rings. The number of benzene rings is 2. The third-order valence-corrected chi connectivity index (χ3v) is 4.27. The molecule has 4 nitrogen and oxygen atoms in total. The molecule has 1 aliphatic rings. The Hall–Kier alpha value is -2.40. The fraction of sp³-hybridized carbons (Fsp3) is 0.350. The van der Waals surface area contributed by atoms with Gasteiger partial charge in [-0.1, -0.05) is 24.3 Å². The van der Waals surface area contributed by atoms with Gasteiger partial charge in [-0.25, -0.2) is 4.39 Å². The average molecular weight is 343 g/mol. The summed E-state index contributed by atoms with van der Waals surface area (Å²) in [7, 11) is 0. The van der Waals surface area contributed by atoms with Gasteiger partial charge in [0.2, 0.25) is 0 Å². The number of nitrogens with one attached hydrogen (secondary N) is 1. The van der Waals surface area contributed by atoms with Crippen LogP contribution in [0.3, 0.4) is 0 Å². The quantitative estimate of drug-likeness (QED) is 0.871. The molecule has 0 saturated carbocycles. The lowest BCUT2D eigenvalue weighted by atomic mass is 10.1. The maximum atomic E-state index is 13.6. The van der Waals surface area contributed by atoms with Gasteiger partial charge in [-0.3, -0.25) is 4.79 Å². The van der Waals surface area contributed by atoms with E-state index < -0.39 is 0 Å². The van der Waals surface area contributed by atoms with Gasteiger partial charge in [0.15, 0.2) is 0 Å². The second-order valence-corrected chi connectivity index (χ2v) is 6.21. The Bertz CT molecular complexity index is 741. The molecule has 0 aromatic heterocycles. The van der Waals surface area contributed by atoms with E-state index in [9.17, 15) is 9.18 Å². The number of ether oxygens (including phenoxy) is 2. The Morgan fingerprint density at radius 3 is 2.92 bits per heavy atom. The molecule has 1 amide bonds. The third kappa shape index (κ3) is 4.57. The van der Waals surface area contributed by atoms with E-state index in [0.29, 0.717) is 29.0 Å². The lowest BCUT2D eigenvalue weighted by Gasteiger charge is -2.14. The van der Waals surface area contributed by atoms with Gasteiger partial charge in [-0.2, -0.15) is 0 Å². The van der Waals surface area contributed by atoms with Crippen molar-refractivity contribution in [2.45, 2.75) is 32.4 Å². The third-order valence-electron chi connectivity index (χ3n) is 4.27. The number of aryl methyl sites for hydroxylation is 1. The Morgan fingerprint density at radius 2 is 2.16 bits per heavy atom. The SMILES string of the molecule is Cc1ccc(CNC(=O)c2ccccc2OCC2CCCO2)cc1F. The van der Waals surface area contributed by atoms with Crippen LogP contribution in [0.25, 0.3) is 0 Å². The number of halogens is 1. The van der Waals surface area contributed by atoms with Crippen molar-refractivity contribution in [3.8, 4) is 5.75 Å². The van der Waals surface area contributed by atoms with Crippen LogP contribution >= 0.6 is 0 Å². The number of para-hydroxylation sites is 1. The minimum Gasteiger partial charge on any atom is -0.490 e. The van der Waals surface area contributed by atoms with Gasteiger partial charge in [0.05, 0.1) is 11.7 Å². The summed E-state index contributed by atoms with van der Waals surface area (Å²) in [4.78, 5) is 12.5. The number of carbonyl (C=O) groups excluding carboxylic acids is 1. The summed E-state index contributed by atoms with van der Waals surface area (Å²) >= 11 is 0. The summed E-state index contributed by atoms with van der Waals surface area (Å²) in [5.74, 6) is 0.0153. The summed E-state index contributed by atoms with van der Waals surface area (Å²) in [6.07, 6.45) is 2.11. The van der Waals surface area contributed by atoms with Gasteiger partial charge in [0.25, 0.3) is 5.91 Å². The molecule has 1 N–H and O–H groups in total. The molecular weight excluding hydrogens is 321 g/mol. The number of hydrogen-bond acceptors (Lipinski definition) is 3. The fourth-order valence-corrected chi connectivity index (χ4v) is 2.76. The van der Waals surface area contributed by atoms with Crippen molar-refractivity contribution in [1.82, 2.24) is 5.32 Å². The molecule has 1 aliphatic heterocycles. The highest BCUT2D eigenvalue weighted by Gasteiger charge is 2.18. The molecule has 25 heavy (non-hydrogen) atoms. The van der Waals surface area contributed by atoms with Crippen molar-refractivity contribution in [3.05, 3.63) is 65.0 Å². The van der Waals surface area contributed by atoms with Crippen LogP contribution in [0.15, 0.2) is 42.5 Å². The first kappa shape index (κ1) is 17.4. The first-order valence-electron chi connectivity index (χ1n) is 8.50. The largest absolute Gasteiger partial charge is 0.490 e. The lowest BCUT2D eigenvalue weighted by Crippen LogP contribution is -2.24. The average Bonchev–Trinajstić information content (AvgIpc) is 3.14. The van der Waals surface area contributed by atoms with Crippen molar-refractivity contribution in [3.63, 3.8) is 0 Å². The van der Waals surface area contributed by atoms with Gasteiger partial charge >= 0.3 is 0 Å². The highest BCUT2D eigenvalue weighted by Crippen LogP contribution is 2.20. The Labute approximate surface area is 147 Å². The Balaban J connectivity index is 1.61. The monoisotopic (exact) mass is 343 g/mol. The minimum absolute atomic E-state index is 0.0895. The van der Waals surface area contributed by atoms with Gasteiger partial charge in [-0.15, -0.1) is 0 Å². The van der Waals surface area contributed by atoms with E-state index >= 15 is 0 Å². The molecule has 1 atom stereocenters. The van der Waals surface area contributed by atoms with Crippen molar-refractivity contribution in [2.24, 2.45) is 0 Å². The van der Waals surface area contributed by atoms with E-state index in [1.54, 1.807) is 37.3 Å². The van der Waals surface area contributed by atoms with Gasteiger partial charge in [-0.05, 0) is 49.1 Å². The van der Waals surface area contributed by atoms with Crippen LogP contribution in [0.2, 0.25) is 0 Å². The molecule has 1 heterocycles. The zero-order valence-electron chi connectivity index (χ0n) is 14.3. The molecule has 3 rings (SSSR count). The summed E-state index contributed by atoms with van der Waals surface area (Å²) in [6.45, 7) is 3.17. The zero-order chi connectivity index (χ0) is 17.6. The van der Waals surface area contributed by atoms with Crippen LogP contribution in [0.5, 0.6) is 5.75 Å². The van der Waals surface area contributed by atoms with Gasteiger partial charge in [0, 0.05) is 13.2 Å². The predicted octanol–water partition coefficient (Wildman–Crippen LogP) is 3.62. The highest BCUT2D eigenvalue weighted by molar-refractivity contribution is 5.96. The molecule has 2 aromatic carbocycles. The van der Waals surface area contributed by atoms with E-state index in [2.05, 4.69) is 5.32 Å². The molecule has 0 spiro atoms. The zero-order valence-corrected chi connectivity index (χ0v) is 14.3. The number of carbonyl (C=O) groups is 1. The smallest absolute Gasteiger partial charge is 0.255 e. The van der Waals surface area contributed by atoms with Gasteiger partial charge < -0.3 is 14.8 Å². The van der Waals surface area contributed by atoms with Crippen molar-refractivity contribution < 1.29 is 18.7 Å². The Morgan fingerprint density at radius 1 is 1.32 bits per heavy atom. The van der Waals surface area contributed by atoms with Crippen LogP contribution in [-0.4, -0.2) is 25.2 Å². The highest BCUT2D eigenvalue weighted by atomic mass is 19.1. The second-order valence-electron chi connectivity index (χ2n) is 6.21. The maximum Gasteiger partial charge on any atom is 0.255 e. The standard InChI is InChI=1S/C20H22FNO3/c1-14-8-9-15(11-18(14)21)12-22-20(23)17-6-2-3-7-19(17)25-13-16-5-4-10-24-16/h2-3,6-9,11,16H,4-5,10,12-13H2,1H3,(H,22,23). The van der Waals surface area contributed by atoms with Crippen molar-refractivity contribution in [2.75, 3.05) is 13.2 Å². The van der Waals surface area contributed by atoms with Crippen LogP contribution in [0.4, 0.5) is 4.39 Å². The number of rotatable bonds is 6. The molecule has 1 fully saturated rings. The van der Waals surface area contributed by atoms with E-state index in [4.69, 9.17) is 9.47 Å². The summed E-state index contributed by atoms with van der Waals surface area (Å²) < 4.78 is 24.9. The molecule has 5 heteroatoms. The van der Waals surface area contributed by atoms with E-state index in [-0.39, 0.29) is 24.4 Å². The minimum atomic E-state index is -0.271. The molecule has 1 saturated heterocycles. The van der Waals surface area contributed by atoms with Gasteiger partial charge in [0.1, 0.15) is 18.2 Å². The fourth-order valence-electron chi connectivity index (χ4n) is 2.76. The van der Waals surface area contributed by atoms with Crippen molar-refractivity contribution in [1.29, 1.82) is 0 Å². The van der Waals surface area contributed by atoms with Crippen LogP contribution < -0.4 is 10.1 Å². The van der Waals surface area contributed by atoms with Crippen molar-refractivity contribution >= 4 is 5.91 Å². The Kier molecular flexibility index (Phi) is 5.66. The predicted molar refractivity (Wildman–Crippen MR) is 93.2 cm³/mol. The molecule has 0 radical (unpaired) electrons. The number of hydrogen-bond donors (Lipinski definition) is 1. The number of amides is 1. The normalized spacial score (nSPS) is 16.6. The van der Waals surface area contributed by atoms with E-state index in [1.807, 2.05) is 6.07 Å². The first-order valence-corrected chi connectivity index (χ1v) is 8.50.